The van der Waals surface area contributed by atoms with E-state index in [9.17, 15) is 9.59 Å². The van der Waals surface area contributed by atoms with Crippen LogP contribution in [-0.4, -0.2) is 23.5 Å². The van der Waals surface area contributed by atoms with Crippen molar-refractivity contribution in [1.82, 2.24) is 10.3 Å². The molecule has 0 aliphatic rings. The van der Waals surface area contributed by atoms with E-state index in [1.54, 1.807) is 19.9 Å². The van der Waals surface area contributed by atoms with E-state index >= 15 is 0 Å². The number of rotatable bonds is 6. The standard InChI is InChI=1S/C20H23ClN2O3/c1-5-15-6-8-16(9-7-15)14(4)23-17(24)11-26-20(25)18-12(2)10-13(3)22-19(18)21/h6-10,14H,5,11H2,1-4H3,(H,23,24)/t14-/m0/s1. The minimum atomic E-state index is -0.657. The molecule has 0 fully saturated rings. The molecule has 1 aromatic carbocycles. The van der Waals surface area contributed by atoms with Gasteiger partial charge < -0.3 is 10.1 Å². The first-order valence-corrected chi connectivity index (χ1v) is 8.88. The van der Waals surface area contributed by atoms with E-state index in [1.165, 1.54) is 5.56 Å². The number of aromatic nitrogens is 1. The highest BCUT2D eigenvalue weighted by Crippen LogP contribution is 2.20. The van der Waals surface area contributed by atoms with E-state index in [2.05, 4.69) is 17.2 Å². The molecule has 0 spiro atoms. The lowest BCUT2D eigenvalue weighted by atomic mass is 10.1. The van der Waals surface area contributed by atoms with Gasteiger partial charge in [-0.15, -0.1) is 0 Å². The summed E-state index contributed by atoms with van der Waals surface area (Å²) in [6, 6.07) is 9.59. The first kappa shape index (κ1) is 19.9. The van der Waals surface area contributed by atoms with Gasteiger partial charge in [0.15, 0.2) is 6.61 Å². The summed E-state index contributed by atoms with van der Waals surface area (Å²) in [7, 11) is 0. The van der Waals surface area contributed by atoms with Crippen LogP contribution in [0.25, 0.3) is 0 Å². The van der Waals surface area contributed by atoms with E-state index in [1.807, 2.05) is 31.2 Å². The van der Waals surface area contributed by atoms with Gasteiger partial charge in [0.25, 0.3) is 5.91 Å². The van der Waals surface area contributed by atoms with Crippen molar-refractivity contribution in [3.05, 3.63) is 63.4 Å². The van der Waals surface area contributed by atoms with Crippen LogP contribution in [-0.2, 0) is 16.0 Å². The van der Waals surface area contributed by atoms with Gasteiger partial charge in [-0.05, 0) is 49.9 Å². The number of ether oxygens (including phenoxy) is 1. The van der Waals surface area contributed by atoms with E-state index in [-0.39, 0.29) is 29.3 Å². The zero-order valence-electron chi connectivity index (χ0n) is 15.4. The van der Waals surface area contributed by atoms with E-state index in [0.717, 1.165) is 12.0 Å². The molecule has 0 unspecified atom stereocenters. The third kappa shape index (κ3) is 5.05. The molecule has 138 valence electrons. The molecule has 1 N–H and O–H groups in total. The number of hydrogen-bond donors (Lipinski definition) is 1. The van der Waals surface area contributed by atoms with Crippen molar-refractivity contribution in [3.8, 4) is 0 Å². The lowest BCUT2D eigenvalue weighted by Crippen LogP contribution is -2.31. The fraction of sp³-hybridized carbons (Fsp3) is 0.350. The molecule has 2 rings (SSSR count). The Morgan fingerprint density at radius 3 is 2.46 bits per heavy atom. The van der Waals surface area contributed by atoms with Gasteiger partial charge in [0, 0.05) is 5.69 Å². The molecule has 5 nitrogen and oxygen atoms in total. The van der Waals surface area contributed by atoms with E-state index in [4.69, 9.17) is 16.3 Å². The zero-order chi connectivity index (χ0) is 19.3. The maximum atomic E-state index is 12.2. The number of aryl methyl sites for hydroxylation is 3. The van der Waals surface area contributed by atoms with Gasteiger partial charge in [0.2, 0.25) is 0 Å². The minimum absolute atomic E-state index is 0.0808. The predicted octanol–water partition coefficient (Wildman–Crippen LogP) is 3.95. The maximum Gasteiger partial charge on any atom is 0.342 e. The summed E-state index contributed by atoms with van der Waals surface area (Å²) in [4.78, 5) is 28.3. The number of halogens is 1. The minimum Gasteiger partial charge on any atom is -0.452 e. The average molecular weight is 375 g/mol. The molecule has 0 bridgehead atoms. The quantitative estimate of drug-likeness (QED) is 0.614. The molecule has 0 aliphatic heterocycles. The van der Waals surface area contributed by atoms with Gasteiger partial charge in [-0.2, -0.15) is 0 Å². The van der Waals surface area contributed by atoms with Crippen LogP contribution in [0.3, 0.4) is 0 Å². The van der Waals surface area contributed by atoms with Crippen LogP contribution in [0.4, 0.5) is 0 Å². The number of pyridine rings is 1. The van der Waals surface area contributed by atoms with Crippen LogP contribution in [0.2, 0.25) is 5.15 Å². The highest BCUT2D eigenvalue weighted by Gasteiger charge is 2.19. The van der Waals surface area contributed by atoms with Crippen molar-refractivity contribution in [3.63, 3.8) is 0 Å². The number of esters is 1. The zero-order valence-corrected chi connectivity index (χ0v) is 16.2. The van der Waals surface area contributed by atoms with Gasteiger partial charge in [-0.1, -0.05) is 42.8 Å². The first-order valence-electron chi connectivity index (χ1n) is 8.50. The second-order valence-electron chi connectivity index (χ2n) is 6.21. The third-order valence-corrected chi connectivity index (χ3v) is 4.38. The molecule has 1 aromatic heterocycles. The smallest absolute Gasteiger partial charge is 0.342 e. The fourth-order valence-electron chi connectivity index (χ4n) is 2.65. The number of carbonyl (C=O) groups excluding carboxylic acids is 2. The molecule has 0 saturated carbocycles. The molecule has 0 radical (unpaired) electrons. The molecule has 6 heteroatoms. The van der Waals surface area contributed by atoms with Gasteiger partial charge in [-0.25, -0.2) is 9.78 Å². The summed E-state index contributed by atoms with van der Waals surface area (Å²) in [5.41, 5.74) is 3.79. The van der Waals surface area contributed by atoms with Crippen molar-refractivity contribution < 1.29 is 14.3 Å². The number of carbonyl (C=O) groups is 2. The van der Waals surface area contributed by atoms with Crippen molar-refractivity contribution in [2.45, 2.75) is 40.2 Å². The van der Waals surface area contributed by atoms with Crippen LogP contribution >= 0.6 is 11.6 Å². The molecule has 0 saturated heterocycles. The molecule has 1 amide bonds. The summed E-state index contributed by atoms with van der Waals surface area (Å²) in [6.45, 7) is 7.13. The van der Waals surface area contributed by atoms with Crippen LogP contribution in [0, 0.1) is 13.8 Å². The summed E-state index contributed by atoms with van der Waals surface area (Å²) < 4.78 is 5.09. The second kappa shape index (κ2) is 8.81. The Morgan fingerprint density at radius 1 is 1.23 bits per heavy atom. The number of nitrogens with one attached hydrogen (secondary N) is 1. The highest BCUT2D eigenvalue weighted by atomic mass is 35.5. The van der Waals surface area contributed by atoms with Crippen LogP contribution in [0.5, 0.6) is 0 Å². The Bertz CT molecular complexity index is 780. The van der Waals surface area contributed by atoms with Crippen molar-refractivity contribution in [1.29, 1.82) is 0 Å². The number of hydrogen-bond acceptors (Lipinski definition) is 4. The molecule has 1 atom stereocenters. The number of amides is 1. The Hall–Kier alpha value is -2.40. The molecular weight excluding hydrogens is 352 g/mol. The Labute approximate surface area is 158 Å². The SMILES string of the molecule is CCc1ccc([C@H](C)NC(=O)COC(=O)c2c(C)cc(C)nc2Cl)cc1. The monoisotopic (exact) mass is 374 g/mol. The predicted molar refractivity (Wildman–Crippen MR) is 101 cm³/mol. The Morgan fingerprint density at radius 2 is 1.88 bits per heavy atom. The lowest BCUT2D eigenvalue weighted by molar-refractivity contribution is -0.124. The number of benzene rings is 1. The molecule has 0 aliphatic carbocycles. The van der Waals surface area contributed by atoms with Crippen molar-refractivity contribution in [2.24, 2.45) is 0 Å². The normalized spacial score (nSPS) is 11.7. The second-order valence-corrected chi connectivity index (χ2v) is 6.56. The van der Waals surface area contributed by atoms with Gasteiger partial charge >= 0.3 is 5.97 Å². The topological polar surface area (TPSA) is 68.3 Å². The van der Waals surface area contributed by atoms with E-state index < -0.39 is 5.97 Å². The summed E-state index contributed by atoms with van der Waals surface area (Å²) in [5.74, 6) is -1.03. The van der Waals surface area contributed by atoms with Gasteiger partial charge in [0.05, 0.1) is 11.6 Å². The summed E-state index contributed by atoms with van der Waals surface area (Å²) in [6.07, 6.45) is 0.965. The van der Waals surface area contributed by atoms with Crippen molar-refractivity contribution >= 4 is 23.5 Å². The average Bonchev–Trinajstić information content (AvgIpc) is 2.59. The maximum absolute atomic E-state index is 12.2. The highest BCUT2D eigenvalue weighted by molar-refractivity contribution is 6.32. The van der Waals surface area contributed by atoms with Crippen LogP contribution in [0.1, 0.15) is 52.6 Å². The summed E-state index contributed by atoms with van der Waals surface area (Å²) >= 11 is 6.02. The molecule has 1 heterocycles. The molecule has 26 heavy (non-hydrogen) atoms. The van der Waals surface area contributed by atoms with Crippen LogP contribution < -0.4 is 5.32 Å². The van der Waals surface area contributed by atoms with Gasteiger partial charge in [0.1, 0.15) is 5.15 Å². The number of nitrogens with zero attached hydrogens (tertiary/aromatic N) is 1. The summed E-state index contributed by atoms with van der Waals surface area (Å²) in [5, 5.41) is 2.89. The van der Waals surface area contributed by atoms with Gasteiger partial charge in [-0.3, -0.25) is 4.79 Å². The van der Waals surface area contributed by atoms with E-state index in [0.29, 0.717) is 11.3 Å². The fourth-order valence-corrected chi connectivity index (χ4v) is 3.01. The molecule has 2 aromatic rings. The Balaban J connectivity index is 1.92. The largest absolute Gasteiger partial charge is 0.452 e. The van der Waals surface area contributed by atoms with Crippen LogP contribution in [0.15, 0.2) is 30.3 Å². The first-order chi connectivity index (χ1) is 12.3. The lowest BCUT2D eigenvalue weighted by Gasteiger charge is -2.15. The molecular formula is C20H23ClN2O3. The van der Waals surface area contributed by atoms with Crippen molar-refractivity contribution in [2.75, 3.05) is 6.61 Å². The Kier molecular flexibility index (Phi) is 6.75. The third-order valence-electron chi connectivity index (χ3n) is 4.10.